The van der Waals surface area contributed by atoms with Crippen LogP contribution in [0.2, 0.25) is 0 Å². The van der Waals surface area contributed by atoms with Crippen molar-refractivity contribution in [1.82, 2.24) is 9.80 Å². The number of rotatable bonds is 5. The highest BCUT2D eigenvalue weighted by atomic mass is 32.1. The van der Waals surface area contributed by atoms with Crippen LogP contribution in [0.25, 0.3) is 0 Å². The number of carbonyl (C=O) groups excluding carboxylic acids is 1. The summed E-state index contributed by atoms with van der Waals surface area (Å²) in [7, 11) is 0. The lowest BCUT2D eigenvalue weighted by Crippen LogP contribution is -2.52. The van der Waals surface area contributed by atoms with Crippen LogP contribution in [0.5, 0.6) is 0 Å². The molecule has 1 aromatic heterocycles. The zero-order chi connectivity index (χ0) is 15.2. The maximum atomic E-state index is 12.3. The smallest absolute Gasteiger partial charge is 0.222 e. The molecule has 0 bridgehead atoms. The van der Waals surface area contributed by atoms with E-state index in [4.69, 9.17) is 0 Å². The van der Waals surface area contributed by atoms with E-state index >= 15 is 0 Å². The van der Waals surface area contributed by atoms with Crippen molar-refractivity contribution in [2.45, 2.75) is 57.4 Å². The SMILES string of the molecule is O=C(CCCc1cccs1)N1CCN(C2CCCCC2)CC1. The molecule has 0 unspecified atom stereocenters. The largest absolute Gasteiger partial charge is 0.340 e. The Morgan fingerprint density at radius 3 is 2.59 bits per heavy atom. The van der Waals surface area contributed by atoms with E-state index in [0.717, 1.165) is 45.1 Å². The second-order valence-corrected chi connectivity index (χ2v) is 7.67. The molecule has 2 fully saturated rings. The second-order valence-electron chi connectivity index (χ2n) is 6.64. The lowest BCUT2D eigenvalue weighted by atomic mass is 9.94. The van der Waals surface area contributed by atoms with Crippen molar-refractivity contribution in [2.24, 2.45) is 0 Å². The minimum atomic E-state index is 0.361. The van der Waals surface area contributed by atoms with Crippen LogP contribution in [0.15, 0.2) is 17.5 Å². The summed E-state index contributed by atoms with van der Waals surface area (Å²) in [5.41, 5.74) is 0. The van der Waals surface area contributed by atoms with Gasteiger partial charge in [0, 0.05) is 43.5 Å². The summed E-state index contributed by atoms with van der Waals surface area (Å²) < 4.78 is 0. The highest BCUT2D eigenvalue weighted by Crippen LogP contribution is 2.23. The molecule has 4 heteroatoms. The summed E-state index contributed by atoms with van der Waals surface area (Å²) in [5.74, 6) is 0.361. The third kappa shape index (κ3) is 4.32. The minimum absolute atomic E-state index is 0.361. The Labute approximate surface area is 138 Å². The first kappa shape index (κ1) is 16.0. The van der Waals surface area contributed by atoms with Gasteiger partial charge in [0.15, 0.2) is 0 Å². The molecule has 1 saturated carbocycles. The van der Waals surface area contributed by atoms with E-state index in [1.54, 1.807) is 11.3 Å². The predicted molar refractivity (Wildman–Crippen MR) is 92.3 cm³/mol. The zero-order valence-corrected chi connectivity index (χ0v) is 14.3. The van der Waals surface area contributed by atoms with Crippen molar-refractivity contribution >= 4 is 17.2 Å². The average Bonchev–Trinajstić information content (AvgIpc) is 3.09. The number of carbonyl (C=O) groups is 1. The molecule has 0 radical (unpaired) electrons. The quantitative estimate of drug-likeness (QED) is 0.828. The van der Waals surface area contributed by atoms with Crippen LogP contribution in [-0.4, -0.2) is 47.9 Å². The summed E-state index contributed by atoms with van der Waals surface area (Å²) in [4.78, 5) is 18.4. The van der Waals surface area contributed by atoms with Gasteiger partial charge in [-0.1, -0.05) is 25.3 Å². The highest BCUT2D eigenvalue weighted by molar-refractivity contribution is 7.09. The number of amides is 1. The third-order valence-corrected chi connectivity index (χ3v) is 6.09. The molecular weight excluding hydrogens is 292 g/mol. The zero-order valence-electron chi connectivity index (χ0n) is 13.5. The summed E-state index contributed by atoms with van der Waals surface area (Å²) in [6.07, 6.45) is 9.69. The average molecular weight is 321 g/mol. The highest BCUT2D eigenvalue weighted by Gasteiger charge is 2.26. The normalized spacial score (nSPS) is 21.2. The minimum Gasteiger partial charge on any atom is -0.340 e. The molecular formula is C18H28N2OS. The number of piperazine rings is 1. The van der Waals surface area contributed by atoms with E-state index in [9.17, 15) is 4.79 Å². The molecule has 1 saturated heterocycles. The molecule has 1 amide bonds. The van der Waals surface area contributed by atoms with Gasteiger partial charge in [0.2, 0.25) is 5.91 Å². The van der Waals surface area contributed by atoms with Crippen molar-refractivity contribution in [2.75, 3.05) is 26.2 Å². The molecule has 22 heavy (non-hydrogen) atoms. The van der Waals surface area contributed by atoms with Crippen molar-refractivity contribution in [1.29, 1.82) is 0 Å². The number of hydrogen-bond donors (Lipinski definition) is 0. The molecule has 0 spiro atoms. The first-order valence-corrected chi connectivity index (χ1v) is 9.75. The van der Waals surface area contributed by atoms with Gasteiger partial charge >= 0.3 is 0 Å². The fourth-order valence-electron chi connectivity index (χ4n) is 3.81. The topological polar surface area (TPSA) is 23.6 Å². The van der Waals surface area contributed by atoms with Crippen LogP contribution in [0.3, 0.4) is 0 Å². The summed E-state index contributed by atoms with van der Waals surface area (Å²) in [5, 5.41) is 2.11. The van der Waals surface area contributed by atoms with E-state index in [2.05, 4.69) is 27.3 Å². The van der Waals surface area contributed by atoms with Crippen molar-refractivity contribution in [3.05, 3.63) is 22.4 Å². The standard InChI is InChI=1S/C18H28N2OS/c21-18(10-4-8-17-9-5-15-22-17)20-13-11-19(12-14-20)16-6-2-1-3-7-16/h5,9,15-16H,1-4,6-8,10-14H2. The lowest BCUT2D eigenvalue weighted by molar-refractivity contribution is -0.133. The lowest BCUT2D eigenvalue weighted by Gasteiger charge is -2.40. The van der Waals surface area contributed by atoms with Gasteiger partial charge in [0.1, 0.15) is 0 Å². The Kier molecular flexibility index (Phi) is 5.90. The molecule has 1 aromatic rings. The van der Waals surface area contributed by atoms with Gasteiger partial charge < -0.3 is 4.90 Å². The molecule has 1 aliphatic heterocycles. The summed E-state index contributed by atoms with van der Waals surface area (Å²) >= 11 is 1.79. The van der Waals surface area contributed by atoms with E-state index < -0.39 is 0 Å². The van der Waals surface area contributed by atoms with Crippen LogP contribution in [0, 0.1) is 0 Å². The van der Waals surface area contributed by atoms with Crippen molar-refractivity contribution in [3.63, 3.8) is 0 Å². The molecule has 1 aliphatic carbocycles. The van der Waals surface area contributed by atoms with E-state index in [0.29, 0.717) is 12.3 Å². The Morgan fingerprint density at radius 2 is 1.91 bits per heavy atom. The first-order chi connectivity index (χ1) is 10.8. The molecule has 3 nitrogen and oxygen atoms in total. The van der Waals surface area contributed by atoms with E-state index in [1.807, 2.05) is 0 Å². The summed E-state index contributed by atoms with van der Waals surface area (Å²) in [6, 6.07) is 5.05. The molecule has 0 aromatic carbocycles. The molecule has 3 rings (SSSR count). The Morgan fingerprint density at radius 1 is 1.14 bits per heavy atom. The number of hydrogen-bond acceptors (Lipinski definition) is 3. The van der Waals surface area contributed by atoms with Crippen LogP contribution >= 0.6 is 11.3 Å². The van der Waals surface area contributed by atoms with E-state index in [1.165, 1.54) is 37.0 Å². The molecule has 2 aliphatic rings. The van der Waals surface area contributed by atoms with Crippen LogP contribution in [-0.2, 0) is 11.2 Å². The van der Waals surface area contributed by atoms with Gasteiger partial charge in [-0.3, -0.25) is 9.69 Å². The van der Waals surface area contributed by atoms with Gasteiger partial charge in [0.05, 0.1) is 0 Å². The number of thiophene rings is 1. The molecule has 0 N–H and O–H groups in total. The molecule has 2 heterocycles. The first-order valence-electron chi connectivity index (χ1n) is 8.87. The maximum absolute atomic E-state index is 12.3. The van der Waals surface area contributed by atoms with Gasteiger partial charge in [-0.15, -0.1) is 11.3 Å². The van der Waals surface area contributed by atoms with Crippen LogP contribution < -0.4 is 0 Å². The third-order valence-electron chi connectivity index (χ3n) is 5.15. The maximum Gasteiger partial charge on any atom is 0.222 e. The van der Waals surface area contributed by atoms with Gasteiger partial charge in [-0.2, -0.15) is 0 Å². The van der Waals surface area contributed by atoms with Gasteiger partial charge in [0.25, 0.3) is 0 Å². The fourth-order valence-corrected chi connectivity index (χ4v) is 4.56. The van der Waals surface area contributed by atoms with Crippen LogP contribution in [0.4, 0.5) is 0 Å². The van der Waals surface area contributed by atoms with E-state index in [-0.39, 0.29) is 0 Å². The second kappa shape index (κ2) is 8.11. The Balaban J connectivity index is 1.36. The van der Waals surface area contributed by atoms with Gasteiger partial charge in [-0.25, -0.2) is 0 Å². The van der Waals surface area contributed by atoms with Crippen LogP contribution in [0.1, 0.15) is 49.8 Å². The van der Waals surface area contributed by atoms with Crippen molar-refractivity contribution in [3.8, 4) is 0 Å². The molecule has 122 valence electrons. The molecule has 0 atom stereocenters. The fraction of sp³-hybridized carbons (Fsp3) is 0.722. The monoisotopic (exact) mass is 320 g/mol. The van der Waals surface area contributed by atoms with Gasteiger partial charge in [-0.05, 0) is 37.1 Å². The van der Waals surface area contributed by atoms with Crippen molar-refractivity contribution < 1.29 is 4.79 Å². The Hall–Kier alpha value is -0.870. The Bertz CT molecular complexity index is 446. The number of aryl methyl sites for hydroxylation is 1. The predicted octanol–water partition coefficient (Wildman–Crippen LogP) is 3.55. The summed E-state index contributed by atoms with van der Waals surface area (Å²) in [6.45, 7) is 4.05. The number of nitrogens with zero attached hydrogens (tertiary/aromatic N) is 2.